The Balaban J connectivity index is 1.45. The molecule has 1 atom stereocenters. The van der Waals surface area contributed by atoms with E-state index in [4.69, 9.17) is 9.26 Å². The van der Waals surface area contributed by atoms with Gasteiger partial charge in [-0.3, -0.25) is 9.59 Å². The molecule has 1 saturated carbocycles. The molecular weight excluding hydrogens is 348 g/mol. The van der Waals surface area contributed by atoms with Crippen molar-refractivity contribution in [2.45, 2.75) is 37.5 Å². The highest BCUT2D eigenvalue weighted by molar-refractivity contribution is 6.01. The number of fused-ring (bicyclic) bond motifs is 1. The van der Waals surface area contributed by atoms with Crippen molar-refractivity contribution in [1.29, 1.82) is 0 Å². The molecule has 2 aromatic rings. The first kappa shape index (κ1) is 17.5. The van der Waals surface area contributed by atoms with Crippen molar-refractivity contribution in [2.24, 2.45) is 0 Å². The third-order valence-corrected chi connectivity index (χ3v) is 5.05. The minimum Gasteiger partial charge on any atom is -0.497 e. The average molecular weight is 370 g/mol. The zero-order chi connectivity index (χ0) is 19.0. The molecule has 0 spiro atoms. The molecular formula is C19H22N4O4. The maximum atomic E-state index is 13.0. The van der Waals surface area contributed by atoms with Crippen molar-refractivity contribution < 1.29 is 18.8 Å². The summed E-state index contributed by atoms with van der Waals surface area (Å²) in [4.78, 5) is 31.0. The lowest BCUT2D eigenvalue weighted by Gasteiger charge is -2.28. The highest BCUT2D eigenvalue weighted by atomic mass is 16.5. The highest BCUT2D eigenvalue weighted by Gasteiger charge is 2.33. The van der Waals surface area contributed by atoms with Crippen LogP contribution >= 0.6 is 0 Å². The van der Waals surface area contributed by atoms with Crippen molar-refractivity contribution in [3.05, 3.63) is 35.5 Å². The van der Waals surface area contributed by atoms with Gasteiger partial charge < -0.3 is 19.5 Å². The van der Waals surface area contributed by atoms with Gasteiger partial charge in [-0.1, -0.05) is 5.16 Å². The molecule has 27 heavy (non-hydrogen) atoms. The molecule has 0 radical (unpaired) electrons. The van der Waals surface area contributed by atoms with Gasteiger partial charge in [-0.05, 0) is 36.6 Å². The lowest BCUT2D eigenvalue weighted by molar-refractivity contribution is -0.133. The van der Waals surface area contributed by atoms with Gasteiger partial charge in [0.05, 0.1) is 13.0 Å². The van der Waals surface area contributed by atoms with Crippen molar-refractivity contribution in [1.82, 2.24) is 15.0 Å². The molecule has 2 amide bonds. The first-order chi connectivity index (χ1) is 13.0. The van der Waals surface area contributed by atoms with E-state index in [-0.39, 0.29) is 18.2 Å². The lowest BCUT2D eigenvalue weighted by atomic mass is 9.89. The molecule has 2 heterocycles. The standard InChI is InChI=1S/C19H22N4O4/c1-23(8-7-16-21-18(27-22-16)11-3-4-11)19(25)14-10-17(24)20-15-6-5-12(26-2)9-13(14)15/h5-6,9,11,14H,3-4,7-8,10H2,1-2H3,(H,20,24)/t14-/m1/s1. The zero-order valence-corrected chi connectivity index (χ0v) is 15.4. The third-order valence-electron chi connectivity index (χ3n) is 5.05. The second-order valence-electron chi connectivity index (χ2n) is 7.09. The first-order valence-electron chi connectivity index (χ1n) is 9.10. The Kier molecular flexibility index (Phi) is 4.55. The van der Waals surface area contributed by atoms with E-state index < -0.39 is 5.92 Å². The molecule has 1 aliphatic heterocycles. The van der Waals surface area contributed by atoms with Gasteiger partial charge in [0.1, 0.15) is 5.75 Å². The van der Waals surface area contributed by atoms with Gasteiger partial charge in [-0.2, -0.15) is 4.98 Å². The zero-order valence-electron chi connectivity index (χ0n) is 15.4. The number of nitrogens with one attached hydrogen (secondary N) is 1. The number of amides is 2. The number of carbonyl (C=O) groups is 2. The van der Waals surface area contributed by atoms with Crippen LogP contribution in [-0.2, 0) is 16.0 Å². The summed E-state index contributed by atoms with van der Waals surface area (Å²) in [5.74, 6) is 1.59. The number of likely N-dealkylation sites (N-methyl/N-ethyl adjacent to an activating group) is 1. The molecule has 4 rings (SSSR count). The van der Waals surface area contributed by atoms with Crippen LogP contribution in [0.15, 0.2) is 22.7 Å². The Hall–Kier alpha value is -2.90. The van der Waals surface area contributed by atoms with Crippen molar-refractivity contribution in [3.63, 3.8) is 0 Å². The van der Waals surface area contributed by atoms with E-state index >= 15 is 0 Å². The SMILES string of the molecule is COc1ccc2c(c1)[C@H](C(=O)N(C)CCc1noc(C3CC3)n1)CC(=O)N2. The van der Waals surface area contributed by atoms with Crippen LogP contribution in [0.4, 0.5) is 5.69 Å². The predicted molar refractivity (Wildman–Crippen MR) is 96.6 cm³/mol. The van der Waals surface area contributed by atoms with E-state index in [0.717, 1.165) is 18.4 Å². The molecule has 1 N–H and O–H groups in total. The van der Waals surface area contributed by atoms with Crippen molar-refractivity contribution in [2.75, 3.05) is 26.0 Å². The maximum Gasteiger partial charge on any atom is 0.230 e. The number of benzene rings is 1. The summed E-state index contributed by atoms with van der Waals surface area (Å²) >= 11 is 0. The number of methoxy groups -OCH3 is 1. The van der Waals surface area contributed by atoms with Gasteiger partial charge in [0.15, 0.2) is 5.82 Å². The molecule has 8 nitrogen and oxygen atoms in total. The lowest BCUT2D eigenvalue weighted by Crippen LogP contribution is -2.37. The number of ether oxygens (including phenoxy) is 1. The Morgan fingerprint density at radius 1 is 1.41 bits per heavy atom. The van der Waals surface area contributed by atoms with Crippen LogP contribution in [0.3, 0.4) is 0 Å². The second-order valence-corrected chi connectivity index (χ2v) is 7.09. The second kappa shape index (κ2) is 7.02. The summed E-state index contributed by atoms with van der Waals surface area (Å²) in [6.07, 6.45) is 2.85. The Labute approximate surface area is 156 Å². The molecule has 1 aromatic carbocycles. The van der Waals surface area contributed by atoms with E-state index in [2.05, 4.69) is 15.5 Å². The maximum absolute atomic E-state index is 13.0. The number of anilines is 1. The van der Waals surface area contributed by atoms with Crippen LogP contribution in [-0.4, -0.2) is 47.6 Å². The number of nitrogens with zero attached hydrogens (tertiary/aromatic N) is 3. The van der Waals surface area contributed by atoms with E-state index in [1.165, 1.54) is 0 Å². The summed E-state index contributed by atoms with van der Waals surface area (Å²) in [6.45, 7) is 0.458. The van der Waals surface area contributed by atoms with Gasteiger partial charge in [-0.15, -0.1) is 0 Å². The normalized spacial score (nSPS) is 18.6. The fourth-order valence-corrected chi connectivity index (χ4v) is 3.30. The summed E-state index contributed by atoms with van der Waals surface area (Å²) in [7, 11) is 3.31. The Morgan fingerprint density at radius 3 is 2.96 bits per heavy atom. The fraction of sp³-hybridized carbons (Fsp3) is 0.474. The summed E-state index contributed by atoms with van der Waals surface area (Å²) < 4.78 is 10.5. The van der Waals surface area contributed by atoms with Gasteiger partial charge in [0, 0.05) is 38.0 Å². The third kappa shape index (κ3) is 3.65. The quantitative estimate of drug-likeness (QED) is 0.836. The minimum atomic E-state index is -0.527. The molecule has 1 fully saturated rings. The molecule has 142 valence electrons. The van der Waals surface area contributed by atoms with Gasteiger partial charge in [-0.25, -0.2) is 0 Å². The molecule has 0 saturated heterocycles. The number of hydrogen-bond acceptors (Lipinski definition) is 6. The molecule has 8 heteroatoms. The smallest absolute Gasteiger partial charge is 0.230 e. The minimum absolute atomic E-state index is 0.106. The van der Waals surface area contributed by atoms with Crippen molar-refractivity contribution >= 4 is 17.5 Å². The molecule has 2 aliphatic rings. The largest absolute Gasteiger partial charge is 0.497 e. The van der Waals surface area contributed by atoms with Gasteiger partial charge in [0.2, 0.25) is 17.7 Å². The van der Waals surface area contributed by atoms with Gasteiger partial charge in [0.25, 0.3) is 0 Å². The average Bonchev–Trinajstić information content (AvgIpc) is 3.42. The molecule has 0 bridgehead atoms. The topological polar surface area (TPSA) is 97.6 Å². The predicted octanol–water partition coefficient (Wildman–Crippen LogP) is 2.08. The molecule has 1 aliphatic carbocycles. The van der Waals surface area contributed by atoms with Crippen LogP contribution in [0, 0.1) is 0 Å². The van der Waals surface area contributed by atoms with Gasteiger partial charge >= 0.3 is 0 Å². The molecule has 1 aromatic heterocycles. The van der Waals surface area contributed by atoms with Crippen LogP contribution in [0.5, 0.6) is 5.75 Å². The van der Waals surface area contributed by atoms with Crippen molar-refractivity contribution in [3.8, 4) is 5.75 Å². The van der Waals surface area contributed by atoms with Crippen LogP contribution in [0.25, 0.3) is 0 Å². The Morgan fingerprint density at radius 2 is 2.22 bits per heavy atom. The van der Waals surface area contributed by atoms with Crippen LogP contribution in [0.2, 0.25) is 0 Å². The number of aromatic nitrogens is 2. The number of hydrogen-bond donors (Lipinski definition) is 1. The number of rotatable bonds is 6. The first-order valence-corrected chi connectivity index (χ1v) is 9.10. The highest BCUT2D eigenvalue weighted by Crippen LogP contribution is 2.39. The monoisotopic (exact) mass is 370 g/mol. The fourth-order valence-electron chi connectivity index (χ4n) is 3.30. The number of carbonyl (C=O) groups excluding carboxylic acids is 2. The van der Waals surface area contributed by atoms with Crippen LogP contribution < -0.4 is 10.1 Å². The van der Waals surface area contributed by atoms with E-state index in [9.17, 15) is 9.59 Å². The van der Waals surface area contributed by atoms with E-state index in [1.54, 1.807) is 31.2 Å². The van der Waals surface area contributed by atoms with E-state index in [0.29, 0.717) is 42.0 Å². The summed E-state index contributed by atoms with van der Waals surface area (Å²) in [5, 5.41) is 6.80. The molecule has 0 unspecified atom stereocenters. The van der Waals surface area contributed by atoms with Crippen LogP contribution in [0.1, 0.15) is 48.4 Å². The van der Waals surface area contributed by atoms with E-state index in [1.807, 2.05) is 6.07 Å². The Bertz CT molecular complexity index is 874. The summed E-state index contributed by atoms with van der Waals surface area (Å²) in [6, 6.07) is 5.35. The summed E-state index contributed by atoms with van der Waals surface area (Å²) in [5.41, 5.74) is 1.44.